The molecule has 0 aromatic heterocycles. The lowest BCUT2D eigenvalue weighted by Gasteiger charge is -2.42. The van der Waals surface area contributed by atoms with E-state index in [9.17, 15) is 93.8 Å². The Morgan fingerprint density at radius 2 is 0.924 bits per heavy atom. The van der Waals surface area contributed by atoms with Gasteiger partial charge < -0.3 is 154 Å². The van der Waals surface area contributed by atoms with Crippen molar-refractivity contribution in [3.8, 4) is 0 Å². The molecule has 0 spiro atoms. The number of thiol groups is 1. The minimum atomic E-state index is -3.91. The molecule has 4 heterocycles. The average Bonchev–Trinajstić information content (AvgIpc) is 1.42. The number of aliphatic hydroxyl groups is 9. The number of hydrogen-bond acceptors (Lipinski definition) is 32. The zero-order valence-electron chi connectivity index (χ0n) is 59.3. The zero-order chi connectivity index (χ0) is 77.6. The van der Waals surface area contributed by atoms with Crippen molar-refractivity contribution < 1.29 is 155 Å². The summed E-state index contributed by atoms with van der Waals surface area (Å²) in [6.07, 6.45) is -19.1. The fraction of sp³-hybridized carbons (Fsp3) is 0.869. The van der Waals surface area contributed by atoms with Crippen molar-refractivity contribution >= 4 is 84.6 Å². The molecule has 4 aliphatic heterocycles. The Labute approximate surface area is 617 Å². The van der Waals surface area contributed by atoms with E-state index < -0.39 is 215 Å². The Morgan fingerprint density at radius 3 is 1.32 bits per heavy atom. The van der Waals surface area contributed by atoms with Crippen LogP contribution in [-0.4, -0.2) is 338 Å². The highest BCUT2D eigenvalue weighted by atomic mass is 32.7. The van der Waals surface area contributed by atoms with Crippen LogP contribution in [0.15, 0.2) is 0 Å². The van der Waals surface area contributed by atoms with Gasteiger partial charge in [0.2, 0.25) is 47.3 Å². The van der Waals surface area contributed by atoms with Crippen molar-refractivity contribution in [2.24, 2.45) is 5.92 Å². The van der Waals surface area contributed by atoms with Gasteiger partial charge in [0.25, 0.3) is 6.57 Å². The van der Waals surface area contributed by atoms with Gasteiger partial charge in [0.15, 0.2) is 18.9 Å². The standard InChI is InChI=1S/C61H108N8O32P2S2/c1-32(2)102(87,104)96-31-44-40(14-18-92-44)101-103(88,105)100-37-8-6-36(7-9-37)56(84)69-39(58(86)64-17-21-91-24-27-95-61-49(67-35(5)75)55(83)52(80)43(30-72)99-61)11-13-46(77)68-38(57(85)63-16-20-90-23-26-94-60-48(66-34(4)74)54(82)51(79)42(29-71)98-60)10-12-45(76)62-15-19-89-22-25-93-59-47(65-33(3)73)53(81)50(78)41(28-70)97-59/h32,36-44,47-55,59-61,70-72,78-83H,6-31H2,1-5H3,(H,62,76)(H,63,85)(H,64,86)(H,65,73)(H,66,74)(H,67,75)(H,68,77)(H,69,84)(H,87,104)(H,88,105)/t36?,37?,38-,39-,40-,41?,42?,43?,44?,47?,48?,49?,50?,51?,52?,53?,54?,55?,59?,60?,61?,102?,103?/m0/s1. The number of rotatable bonds is 46. The van der Waals surface area contributed by atoms with Gasteiger partial charge in [-0.1, -0.05) is 26.1 Å². The lowest BCUT2D eigenvalue weighted by molar-refractivity contribution is -0.272. The normalized spacial score (nSPS) is 30.9. The first-order valence-corrected chi connectivity index (χ1v) is 40.2. The van der Waals surface area contributed by atoms with Crippen LogP contribution in [-0.2, 0) is 116 Å². The predicted octanol–water partition coefficient (Wildman–Crippen LogP) is -6.69. The summed E-state index contributed by atoms with van der Waals surface area (Å²) in [4.78, 5) is 116. The van der Waals surface area contributed by atoms with Crippen LogP contribution in [0.25, 0.3) is 0 Å². The number of ether oxygens (including phenoxy) is 10. The molecule has 21 atom stereocenters. The first-order chi connectivity index (χ1) is 49.8. The highest BCUT2D eigenvalue weighted by Gasteiger charge is 2.49. The summed E-state index contributed by atoms with van der Waals surface area (Å²) in [5, 5.41) is 112. The topological polar surface area (TPSA) is 572 Å². The third-order valence-electron chi connectivity index (χ3n) is 17.4. The van der Waals surface area contributed by atoms with Crippen LogP contribution >= 0.6 is 25.5 Å². The van der Waals surface area contributed by atoms with Crippen LogP contribution in [0.1, 0.15) is 92.4 Å². The van der Waals surface area contributed by atoms with Gasteiger partial charge in [-0.15, -0.1) is 0 Å². The van der Waals surface area contributed by atoms with E-state index >= 15 is 0 Å². The second kappa shape index (κ2) is 46.7. The highest BCUT2D eigenvalue weighted by molar-refractivity contribution is 8.46. The first kappa shape index (κ1) is 91.7. The number of hydrogen-bond donors (Lipinski definition) is 19. The van der Waals surface area contributed by atoms with Crippen molar-refractivity contribution in [1.29, 1.82) is 0 Å². The summed E-state index contributed by atoms with van der Waals surface area (Å²) in [5.74, 6) is -5.79. The van der Waals surface area contributed by atoms with E-state index in [1.54, 1.807) is 13.8 Å². The number of carbonyl (C=O) groups is 8. The molecule has 0 aromatic carbocycles. The van der Waals surface area contributed by atoms with Crippen molar-refractivity contribution in [2.45, 2.75) is 220 Å². The molecular formula is C61H108N8O32P2S2. The molecule has 40 nitrogen and oxygen atoms in total. The second-order valence-corrected chi connectivity index (χ2v) is 32.6. The van der Waals surface area contributed by atoms with E-state index in [1.807, 2.05) is 0 Å². The molecule has 44 heteroatoms. The Morgan fingerprint density at radius 1 is 0.524 bits per heavy atom. The molecule has 0 bridgehead atoms. The van der Waals surface area contributed by atoms with E-state index in [-0.39, 0.29) is 143 Å². The smallest absolute Gasteiger partial charge is 0.325 e. The maximum absolute atomic E-state index is 14.1. The van der Waals surface area contributed by atoms with Crippen LogP contribution in [0.2, 0.25) is 0 Å². The SMILES string of the molecule is CC(=O)NC1C(OCCOCCNC(=O)CC[C@H](NC(=O)CC[C@H](NC(=O)C2CCC(OP(O)(=S)O[C@H]3CCOC3COP(=O)(S)C(C)C)CC2)C(=O)NCCOCCOC2OC(CO)C(O)C(O)C2NC(C)=O)C(=O)NCCOCCOC2OC(CO)C(O)C(O)C2NC(C)=O)OC(CO)C(O)C1O. The average molecular weight is 1590 g/mol. The van der Waals surface area contributed by atoms with Gasteiger partial charge >= 0.3 is 6.72 Å². The molecule has 0 radical (unpaired) electrons. The number of aliphatic hydroxyl groups excluding tert-OH is 9. The Hall–Kier alpha value is -3.93. The Balaban J connectivity index is 1.20. The lowest BCUT2D eigenvalue weighted by Crippen LogP contribution is -2.64. The first-order valence-electron chi connectivity index (χ1n) is 34.8. The quantitative estimate of drug-likeness (QED) is 0.0153. The Bertz CT molecular complexity index is 2820. The molecule has 5 aliphatic rings. The van der Waals surface area contributed by atoms with Gasteiger partial charge in [-0.3, -0.25) is 42.9 Å². The van der Waals surface area contributed by atoms with E-state index in [0.717, 1.165) is 0 Å². The van der Waals surface area contributed by atoms with E-state index in [4.69, 9.17) is 72.7 Å². The molecule has 5 fully saturated rings. The van der Waals surface area contributed by atoms with Crippen LogP contribution < -0.4 is 42.5 Å². The highest BCUT2D eigenvalue weighted by Crippen LogP contribution is 2.57. The van der Waals surface area contributed by atoms with Crippen LogP contribution in [0.4, 0.5) is 0 Å². The van der Waals surface area contributed by atoms with Gasteiger partial charge in [0.05, 0.1) is 98.1 Å². The van der Waals surface area contributed by atoms with Crippen LogP contribution in [0.3, 0.4) is 0 Å². The van der Waals surface area contributed by atoms with Crippen molar-refractivity contribution in [1.82, 2.24) is 42.5 Å². The van der Waals surface area contributed by atoms with Crippen molar-refractivity contribution in [3.05, 3.63) is 0 Å². The Kier molecular flexibility index (Phi) is 40.7. The summed E-state index contributed by atoms with van der Waals surface area (Å²) in [6.45, 7) is -3.61. The monoisotopic (exact) mass is 1590 g/mol. The van der Waals surface area contributed by atoms with Gasteiger partial charge in [0.1, 0.15) is 91.2 Å². The van der Waals surface area contributed by atoms with Crippen molar-refractivity contribution in [3.63, 3.8) is 0 Å². The minimum absolute atomic E-state index is 0.0436. The van der Waals surface area contributed by atoms with E-state index in [2.05, 4.69) is 54.8 Å². The zero-order valence-corrected chi connectivity index (χ0v) is 62.8. The second-order valence-electron chi connectivity index (χ2n) is 25.8. The number of nitrogens with one attached hydrogen (secondary N) is 8. The van der Waals surface area contributed by atoms with Crippen molar-refractivity contribution in [2.75, 3.05) is 112 Å². The molecule has 1 aliphatic carbocycles. The third-order valence-corrected chi connectivity index (χ3v) is 22.5. The summed E-state index contributed by atoms with van der Waals surface area (Å²) >= 11 is 9.56. The third kappa shape index (κ3) is 31.0. The van der Waals surface area contributed by atoms with Gasteiger partial charge in [0, 0.05) is 77.9 Å². The molecular weight excluding hydrogens is 1480 g/mol. The van der Waals surface area contributed by atoms with Crippen LogP contribution in [0, 0.1) is 5.92 Å². The number of carbonyl (C=O) groups excluding carboxylic acids is 8. The van der Waals surface area contributed by atoms with E-state index in [0.29, 0.717) is 6.42 Å². The molecule has 606 valence electrons. The molecule has 18 N–H and O–H groups in total. The van der Waals surface area contributed by atoms with Gasteiger partial charge in [-0.25, -0.2) is 0 Å². The minimum Gasteiger partial charge on any atom is -0.394 e. The largest absolute Gasteiger partial charge is 0.394 e. The summed E-state index contributed by atoms with van der Waals surface area (Å²) in [7, 11) is 0. The number of amides is 8. The molecule has 1 saturated carbocycles. The molecule has 18 unspecified atom stereocenters. The van der Waals surface area contributed by atoms with Gasteiger partial charge in [-0.05, 0) is 50.3 Å². The van der Waals surface area contributed by atoms with E-state index in [1.165, 1.54) is 20.8 Å². The lowest BCUT2D eigenvalue weighted by atomic mass is 9.86. The maximum atomic E-state index is 14.1. The summed E-state index contributed by atoms with van der Waals surface area (Å²) in [5.41, 5.74) is -0.373. The molecule has 4 saturated heterocycles. The predicted molar refractivity (Wildman–Crippen MR) is 368 cm³/mol. The molecule has 0 aromatic rings. The fourth-order valence-corrected chi connectivity index (χ4v) is 14.4. The molecule has 5 rings (SSSR count). The summed E-state index contributed by atoms with van der Waals surface area (Å²) in [6, 6.07) is -6.36. The molecule has 8 amide bonds. The summed E-state index contributed by atoms with van der Waals surface area (Å²) < 4.78 is 86.2. The van der Waals surface area contributed by atoms with Crippen LogP contribution in [0.5, 0.6) is 0 Å². The maximum Gasteiger partial charge on any atom is 0.325 e. The molecule has 105 heavy (non-hydrogen) atoms. The fourth-order valence-electron chi connectivity index (χ4n) is 11.6. The van der Waals surface area contributed by atoms with Gasteiger partial charge in [-0.2, -0.15) is 0 Å².